The molecule has 1 atom stereocenters. The smallest absolute Gasteiger partial charge is 0.234 e. The Balaban J connectivity index is 1.48. The van der Waals surface area contributed by atoms with Crippen LogP contribution in [-0.2, 0) is 6.54 Å². The number of hydrogen-bond acceptors (Lipinski definition) is 6. The van der Waals surface area contributed by atoms with Gasteiger partial charge in [-0.3, -0.25) is 9.30 Å². The summed E-state index contributed by atoms with van der Waals surface area (Å²) in [4.78, 5) is 18.6. The molecule has 6 nitrogen and oxygen atoms in total. The van der Waals surface area contributed by atoms with E-state index in [2.05, 4.69) is 50.3 Å². The molecule has 24 heavy (non-hydrogen) atoms. The zero-order valence-electron chi connectivity index (χ0n) is 14.3. The van der Waals surface area contributed by atoms with E-state index in [-0.39, 0.29) is 0 Å². The van der Waals surface area contributed by atoms with Crippen molar-refractivity contribution in [1.29, 1.82) is 0 Å². The highest BCUT2D eigenvalue weighted by atomic mass is 32.1. The second-order valence-electron chi connectivity index (χ2n) is 6.53. The quantitative estimate of drug-likeness (QED) is 0.732. The fourth-order valence-corrected chi connectivity index (χ4v) is 4.21. The fraction of sp³-hybridized carbons (Fsp3) is 0.471. The standard InChI is InChI=1S/C17H22N6S/c1-12-8-13(2)23-11-15(20-16(23)19-12)10-21-5-6-22(14(3)9-21)17-18-4-7-24-17/h4,7-8,11,14H,5-6,9-10H2,1-3H3/t14-/m0/s1. The number of hydrogen-bond donors (Lipinski definition) is 0. The molecule has 0 unspecified atom stereocenters. The molecule has 0 amide bonds. The first-order chi connectivity index (χ1) is 11.6. The van der Waals surface area contributed by atoms with E-state index in [0.717, 1.165) is 48.5 Å². The summed E-state index contributed by atoms with van der Waals surface area (Å²) in [5.74, 6) is 0.803. The lowest BCUT2D eigenvalue weighted by atomic mass is 10.2. The Morgan fingerprint density at radius 2 is 2.12 bits per heavy atom. The van der Waals surface area contributed by atoms with Crippen LogP contribution in [-0.4, -0.2) is 49.9 Å². The molecule has 0 radical (unpaired) electrons. The van der Waals surface area contributed by atoms with Gasteiger partial charge in [0.1, 0.15) is 0 Å². The average Bonchev–Trinajstić information content (AvgIpc) is 3.17. The molecule has 1 aliphatic heterocycles. The lowest BCUT2D eigenvalue weighted by Crippen LogP contribution is -2.51. The van der Waals surface area contributed by atoms with Gasteiger partial charge in [0.25, 0.3) is 0 Å². The van der Waals surface area contributed by atoms with Gasteiger partial charge >= 0.3 is 0 Å². The van der Waals surface area contributed by atoms with Gasteiger partial charge in [-0.15, -0.1) is 11.3 Å². The first-order valence-corrected chi connectivity index (χ1v) is 9.19. The highest BCUT2D eigenvalue weighted by Gasteiger charge is 2.25. The van der Waals surface area contributed by atoms with Crippen molar-refractivity contribution in [3.63, 3.8) is 0 Å². The lowest BCUT2D eigenvalue weighted by molar-refractivity contribution is 0.219. The van der Waals surface area contributed by atoms with Gasteiger partial charge in [-0.1, -0.05) is 0 Å². The zero-order valence-corrected chi connectivity index (χ0v) is 15.1. The molecule has 0 N–H and O–H groups in total. The van der Waals surface area contributed by atoms with Gasteiger partial charge in [-0.25, -0.2) is 15.0 Å². The number of thiazole rings is 1. The first kappa shape index (κ1) is 15.5. The maximum atomic E-state index is 4.71. The summed E-state index contributed by atoms with van der Waals surface area (Å²) in [5, 5.41) is 3.17. The van der Waals surface area contributed by atoms with Crippen molar-refractivity contribution in [1.82, 2.24) is 24.3 Å². The molecule has 0 aromatic carbocycles. The first-order valence-electron chi connectivity index (χ1n) is 8.31. The van der Waals surface area contributed by atoms with Crippen LogP contribution in [0, 0.1) is 13.8 Å². The lowest BCUT2D eigenvalue weighted by Gasteiger charge is -2.39. The van der Waals surface area contributed by atoms with E-state index in [1.54, 1.807) is 11.3 Å². The van der Waals surface area contributed by atoms with Crippen LogP contribution in [0.25, 0.3) is 5.78 Å². The Morgan fingerprint density at radius 1 is 1.25 bits per heavy atom. The van der Waals surface area contributed by atoms with Crippen LogP contribution in [0.15, 0.2) is 23.8 Å². The Bertz CT molecular complexity index is 840. The molecular formula is C17H22N6S. The number of aromatic nitrogens is 4. The number of imidazole rings is 1. The Morgan fingerprint density at radius 3 is 2.88 bits per heavy atom. The zero-order chi connectivity index (χ0) is 16.7. The van der Waals surface area contributed by atoms with E-state index in [9.17, 15) is 0 Å². The van der Waals surface area contributed by atoms with Crippen LogP contribution in [0.1, 0.15) is 24.0 Å². The number of piperazine rings is 1. The minimum Gasteiger partial charge on any atom is -0.343 e. The van der Waals surface area contributed by atoms with Crippen LogP contribution >= 0.6 is 11.3 Å². The van der Waals surface area contributed by atoms with Crippen molar-refractivity contribution in [3.05, 3.63) is 40.9 Å². The van der Waals surface area contributed by atoms with Gasteiger partial charge in [-0.05, 0) is 26.8 Å². The number of nitrogens with zero attached hydrogens (tertiary/aromatic N) is 6. The van der Waals surface area contributed by atoms with Crippen molar-refractivity contribution in [2.75, 3.05) is 24.5 Å². The van der Waals surface area contributed by atoms with Gasteiger partial charge < -0.3 is 4.90 Å². The second-order valence-corrected chi connectivity index (χ2v) is 7.41. The minimum atomic E-state index is 0.462. The van der Waals surface area contributed by atoms with Crippen LogP contribution in [0.2, 0.25) is 0 Å². The largest absolute Gasteiger partial charge is 0.343 e. The number of aryl methyl sites for hydroxylation is 2. The number of rotatable bonds is 3. The van der Waals surface area contributed by atoms with Gasteiger partial charge in [0.15, 0.2) is 5.13 Å². The summed E-state index contributed by atoms with van der Waals surface area (Å²) in [6.07, 6.45) is 4.00. The molecule has 1 aliphatic rings. The Labute approximate surface area is 145 Å². The van der Waals surface area contributed by atoms with Crippen molar-refractivity contribution >= 4 is 22.2 Å². The van der Waals surface area contributed by atoms with Crippen LogP contribution in [0.5, 0.6) is 0 Å². The van der Waals surface area contributed by atoms with Crippen LogP contribution in [0.3, 0.4) is 0 Å². The minimum absolute atomic E-state index is 0.462. The van der Waals surface area contributed by atoms with E-state index in [0.29, 0.717) is 6.04 Å². The molecule has 0 spiro atoms. The molecule has 0 bridgehead atoms. The normalized spacial score (nSPS) is 19.3. The maximum absolute atomic E-state index is 4.71. The second kappa shape index (κ2) is 6.14. The van der Waals surface area contributed by atoms with E-state index >= 15 is 0 Å². The third-order valence-corrected chi connectivity index (χ3v) is 5.38. The van der Waals surface area contributed by atoms with Crippen LogP contribution < -0.4 is 4.90 Å². The van der Waals surface area contributed by atoms with Gasteiger partial charge in [-0.2, -0.15) is 0 Å². The molecule has 1 fully saturated rings. The molecule has 0 aliphatic carbocycles. The molecule has 3 aromatic heterocycles. The van der Waals surface area contributed by atoms with E-state index in [1.165, 1.54) is 5.69 Å². The molecular weight excluding hydrogens is 320 g/mol. The molecule has 1 saturated heterocycles. The van der Waals surface area contributed by atoms with Gasteiger partial charge in [0.05, 0.1) is 5.69 Å². The number of anilines is 1. The highest BCUT2D eigenvalue weighted by molar-refractivity contribution is 7.13. The molecule has 4 rings (SSSR count). The predicted octanol–water partition coefficient (Wildman–Crippen LogP) is 2.51. The Kier molecular flexibility index (Phi) is 3.97. The van der Waals surface area contributed by atoms with Gasteiger partial charge in [0.2, 0.25) is 5.78 Å². The number of fused-ring (bicyclic) bond motifs is 1. The summed E-state index contributed by atoms with van der Waals surface area (Å²) in [7, 11) is 0. The molecule has 126 valence electrons. The summed E-state index contributed by atoms with van der Waals surface area (Å²) in [5.41, 5.74) is 3.28. The monoisotopic (exact) mass is 342 g/mol. The molecule has 4 heterocycles. The Hall–Kier alpha value is -1.99. The third-order valence-electron chi connectivity index (χ3n) is 4.57. The highest BCUT2D eigenvalue weighted by Crippen LogP contribution is 2.23. The summed E-state index contributed by atoms with van der Waals surface area (Å²) in [6.45, 7) is 10.3. The van der Waals surface area contributed by atoms with Crippen molar-refractivity contribution in [3.8, 4) is 0 Å². The molecule has 3 aromatic rings. The molecule has 7 heteroatoms. The molecule has 0 saturated carbocycles. The topological polar surface area (TPSA) is 49.6 Å². The van der Waals surface area contributed by atoms with E-state index in [1.807, 2.05) is 18.5 Å². The van der Waals surface area contributed by atoms with E-state index < -0.39 is 0 Å². The van der Waals surface area contributed by atoms with Crippen molar-refractivity contribution in [2.45, 2.75) is 33.4 Å². The summed E-state index contributed by atoms with van der Waals surface area (Å²) in [6, 6.07) is 2.55. The SMILES string of the molecule is Cc1cc(C)n2cc(CN3CCN(c4nccs4)[C@@H](C)C3)nc2n1. The maximum Gasteiger partial charge on any atom is 0.234 e. The summed E-state index contributed by atoms with van der Waals surface area (Å²) >= 11 is 1.72. The summed E-state index contributed by atoms with van der Waals surface area (Å²) < 4.78 is 2.08. The van der Waals surface area contributed by atoms with Gasteiger partial charge in [0, 0.05) is 61.4 Å². The predicted molar refractivity (Wildman–Crippen MR) is 96.7 cm³/mol. The van der Waals surface area contributed by atoms with Crippen molar-refractivity contribution < 1.29 is 0 Å². The third kappa shape index (κ3) is 2.89. The fourth-order valence-electron chi connectivity index (χ4n) is 3.44. The van der Waals surface area contributed by atoms with E-state index in [4.69, 9.17) is 4.98 Å². The van der Waals surface area contributed by atoms with Crippen LogP contribution in [0.4, 0.5) is 5.13 Å². The van der Waals surface area contributed by atoms with Crippen molar-refractivity contribution in [2.24, 2.45) is 0 Å². The average molecular weight is 342 g/mol.